The molecule has 0 aliphatic carbocycles. The Morgan fingerprint density at radius 1 is 1.07 bits per heavy atom. The molecule has 7 heteroatoms. The molecule has 2 heterocycles. The molecule has 2 aromatic carbocycles. The van der Waals surface area contributed by atoms with Gasteiger partial charge in [0.05, 0.1) is 11.7 Å². The van der Waals surface area contributed by atoms with Crippen LogP contribution in [0.15, 0.2) is 76.1 Å². The molecule has 1 aliphatic heterocycles. The van der Waals surface area contributed by atoms with Crippen LogP contribution in [0, 0.1) is 0 Å². The molecular formula is C20H13N2O4S-. The fourth-order valence-corrected chi connectivity index (χ4v) is 3.62. The summed E-state index contributed by atoms with van der Waals surface area (Å²) in [5.41, 5.74) is 1.42. The summed E-state index contributed by atoms with van der Waals surface area (Å²) < 4.78 is 5.81. The van der Waals surface area contributed by atoms with Gasteiger partial charge in [-0.15, -0.1) is 0 Å². The van der Waals surface area contributed by atoms with Gasteiger partial charge >= 0.3 is 0 Å². The zero-order valence-corrected chi connectivity index (χ0v) is 14.7. The predicted octanol–water partition coefficient (Wildman–Crippen LogP) is 2.90. The van der Waals surface area contributed by atoms with Crippen molar-refractivity contribution in [3.8, 4) is 11.3 Å². The van der Waals surface area contributed by atoms with E-state index in [1.807, 2.05) is 30.3 Å². The molecule has 1 aliphatic rings. The van der Waals surface area contributed by atoms with Gasteiger partial charge in [-0.25, -0.2) is 4.99 Å². The monoisotopic (exact) mass is 377 g/mol. The molecule has 1 atom stereocenters. The molecule has 1 aromatic heterocycles. The highest BCUT2D eigenvalue weighted by Crippen LogP contribution is 2.37. The number of hydrogen-bond acceptors (Lipinski definition) is 6. The third kappa shape index (κ3) is 3.63. The maximum atomic E-state index is 12.3. The second kappa shape index (κ2) is 7.13. The fourth-order valence-electron chi connectivity index (χ4n) is 2.68. The van der Waals surface area contributed by atoms with Crippen LogP contribution in [0.5, 0.6) is 0 Å². The SMILES string of the molecule is O=C([O-])c1cccc(-c2ccc([C@H]3SC(=Nc4ccccc4)NC3=O)o2)c1. The summed E-state index contributed by atoms with van der Waals surface area (Å²) >= 11 is 1.27. The van der Waals surface area contributed by atoms with Crippen LogP contribution >= 0.6 is 11.8 Å². The third-order valence-electron chi connectivity index (χ3n) is 3.95. The maximum absolute atomic E-state index is 12.3. The number of furan rings is 1. The molecule has 1 amide bonds. The lowest BCUT2D eigenvalue weighted by molar-refractivity contribution is -0.255. The van der Waals surface area contributed by atoms with Gasteiger partial charge in [0.15, 0.2) is 5.17 Å². The predicted molar refractivity (Wildman–Crippen MR) is 100 cm³/mol. The Kier molecular flexibility index (Phi) is 4.52. The first kappa shape index (κ1) is 17.1. The summed E-state index contributed by atoms with van der Waals surface area (Å²) in [5.74, 6) is -0.505. The number of amides is 1. The summed E-state index contributed by atoms with van der Waals surface area (Å²) in [5, 5.41) is 13.7. The van der Waals surface area contributed by atoms with Crippen molar-refractivity contribution in [3.05, 3.63) is 78.1 Å². The van der Waals surface area contributed by atoms with Gasteiger partial charge in [0, 0.05) is 5.56 Å². The van der Waals surface area contributed by atoms with E-state index in [1.54, 1.807) is 24.3 Å². The van der Waals surface area contributed by atoms with Crippen LogP contribution in [0.25, 0.3) is 11.3 Å². The number of nitrogens with zero attached hydrogens (tertiary/aromatic N) is 1. The molecule has 0 spiro atoms. The van der Waals surface area contributed by atoms with E-state index in [-0.39, 0.29) is 11.5 Å². The van der Waals surface area contributed by atoms with Crippen LogP contribution in [-0.4, -0.2) is 17.0 Å². The number of amidine groups is 1. The number of carboxylic acids is 1. The Labute approximate surface area is 158 Å². The van der Waals surface area contributed by atoms with E-state index in [4.69, 9.17) is 4.42 Å². The average Bonchev–Trinajstić information content (AvgIpc) is 3.29. The number of carboxylic acid groups (broad SMARTS) is 1. The molecule has 1 fully saturated rings. The Balaban J connectivity index is 1.57. The Hall–Kier alpha value is -3.32. The standard InChI is InChI=1S/C20H14N2O4S/c23-18-17(27-20(22-18)21-14-7-2-1-3-8-14)16-10-9-15(26-16)12-5-4-6-13(11-12)19(24)25/h1-11,17H,(H,24,25)(H,21,22,23)/p-1/t17-/m1/s1. The second-order valence-corrected chi connectivity index (χ2v) is 6.90. The summed E-state index contributed by atoms with van der Waals surface area (Å²) in [6, 6.07) is 19.0. The molecule has 134 valence electrons. The third-order valence-corrected chi connectivity index (χ3v) is 5.05. The van der Waals surface area contributed by atoms with Gasteiger partial charge in [0.2, 0.25) is 5.91 Å². The zero-order valence-electron chi connectivity index (χ0n) is 13.9. The summed E-state index contributed by atoms with van der Waals surface area (Å²) in [7, 11) is 0. The number of rotatable bonds is 4. The highest BCUT2D eigenvalue weighted by Gasteiger charge is 2.34. The lowest BCUT2D eigenvalue weighted by Gasteiger charge is -2.04. The van der Waals surface area contributed by atoms with E-state index in [2.05, 4.69) is 10.3 Å². The number of carbonyl (C=O) groups is 2. The Morgan fingerprint density at radius 3 is 2.67 bits per heavy atom. The number of hydrogen-bond donors (Lipinski definition) is 1. The van der Waals surface area contributed by atoms with Gasteiger partial charge in [-0.1, -0.05) is 48.2 Å². The van der Waals surface area contributed by atoms with Gasteiger partial charge in [-0.3, -0.25) is 4.79 Å². The van der Waals surface area contributed by atoms with Crippen LogP contribution in [0.1, 0.15) is 21.4 Å². The number of thioether (sulfide) groups is 1. The lowest BCUT2D eigenvalue weighted by atomic mass is 10.1. The number of carbonyl (C=O) groups excluding carboxylic acids is 2. The molecule has 0 bridgehead atoms. The smallest absolute Gasteiger partial charge is 0.247 e. The highest BCUT2D eigenvalue weighted by molar-refractivity contribution is 8.15. The van der Waals surface area contributed by atoms with Crippen molar-refractivity contribution < 1.29 is 19.1 Å². The van der Waals surface area contributed by atoms with Crippen molar-refractivity contribution >= 4 is 34.5 Å². The topological polar surface area (TPSA) is 94.7 Å². The molecule has 27 heavy (non-hydrogen) atoms. The summed E-state index contributed by atoms with van der Waals surface area (Å²) in [6.45, 7) is 0. The van der Waals surface area contributed by atoms with Crippen LogP contribution in [0.3, 0.4) is 0 Å². The molecule has 6 nitrogen and oxygen atoms in total. The van der Waals surface area contributed by atoms with Crippen molar-refractivity contribution in [2.24, 2.45) is 4.99 Å². The van der Waals surface area contributed by atoms with E-state index in [0.29, 0.717) is 22.3 Å². The highest BCUT2D eigenvalue weighted by atomic mass is 32.2. The van der Waals surface area contributed by atoms with Gasteiger partial charge in [0.25, 0.3) is 0 Å². The first-order valence-electron chi connectivity index (χ1n) is 8.13. The lowest BCUT2D eigenvalue weighted by Crippen LogP contribution is -2.22. The van der Waals surface area contributed by atoms with Crippen molar-refractivity contribution in [3.63, 3.8) is 0 Å². The van der Waals surface area contributed by atoms with Crippen molar-refractivity contribution in [1.29, 1.82) is 0 Å². The first-order chi connectivity index (χ1) is 13.1. The largest absolute Gasteiger partial charge is 0.545 e. The van der Waals surface area contributed by atoms with Gasteiger partial charge in [-0.05, 0) is 35.9 Å². The van der Waals surface area contributed by atoms with Crippen LogP contribution < -0.4 is 10.4 Å². The van der Waals surface area contributed by atoms with Crippen molar-refractivity contribution in [2.45, 2.75) is 5.25 Å². The summed E-state index contributed by atoms with van der Waals surface area (Å²) in [4.78, 5) is 27.7. The van der Waals surface area contributed by atoms with E-state index in [9.17, 15) is 14.7 Å². The quantitative estimate of drug-likeness (QED) is 0.754. The number of aliphatic imine (C=N–C) groups is 1. The molecule has 0 saturated carbocycles. The normalized spacial score (nSPS) is 17.9. The molecule has 0 unspecified atom stereocenters. The zero-order chi connectivity index (χ0) is 18.8. The number of para-hydroxylation sites is 1. The molecule has 4 rings (SSSR count). The van der Waals surface area contributed by atoms with E-state index in [0.717, 1.165) is 5.69 Å². The fraction of sp³-hybridized carbons (Fsp3) is 0.0500. The molecule has 1 N–H and O–H groups in total. The molecular weight excluding hydrogens is 364 g/mol. The van der Waals surface area contributed by atoms with E-state index < -0.39 is 11.2 Å². The Bertz CT molecular complexity index is 1040. The van der Waals surface area contributed by atoms with Crippen LogP contribution in [-0.2, 0) is 4.79 Å². The number of nitrogens with one attached hydrogen (secondary N) is 1. The van der Waals surface area contributed by atoms with E-state index in [1.165, 1.54) is 23.9 Å². The molecule has 3 aromatic rings. The van der Waals surface area contributed by atoms with E-state index >= 15 is 0 Å². The average molecular weight is 377 g/mol. The number of benzene rings is 2. The summed E-state index contributed by atoms with van der Waals surface area (Å²) in [6.07, 6.45) is 0. The van der Waals surface area contributed by atoms with Crippen molar-refractivity contribution in [1.82, 2.24) is 5.32 Å². The first-order valence-corrected chi connectivity index (χ1v) is 9.01. The second-order valence-electron chi connectivity index (χ2n) is 5.81. The minimum Gasteiger partial charge on any atom is -0.545 e. The maximum Gasteiger partial charge on any atom is 0.247 e. The molecule has 1 saturated heterocycles. The van der Waals surface area contributed by atoms with Crippen molar-refractivity contribution in [2.75, 3.05) is 0 Å². The minimum absolute atomic E-state index is 0.0655. The van der Waals surface area contributed by atoms with Crippen LogP contribution in [0.4, 0.5) is 5.69 Å². The van der Waals surface area contributed by atoms with Gasteiger partial charge < -0.3 is 19.6 Å². The molecule has 0 radical (unpaired) electrons. The Morgan fingerprint density at radius 2 is 1.89 bits per heavy atom. The minimum atomic E-state index is -1.25. The van der Waals surface area contributed by atoms with Gasteiger partial charge in [-0.2, -0.15) is 0 Å². The van der Waals surface area contributed by atoms with Crippen LogP contribution in [0.2, 0.25) is 0 Å². The van der Waals surface area contributed by atoms with Gasteiger partial charge in [0.1, 0.15) is 16.8 Å². The number of aromatic carboxylic acids is 1.